The van der Waals surface area contributed by atoms with Crippen molar-refractivity contribution in [1.82, 2.24) is 4.90 Å². The Hall–Kier alpha value is -4.13. The molecule has 1 aliphatic rings. The number of benzene rings is 3. The largest absolute Gasteiger partial charge is 0.497 e. The third-order valence-corrected chi connectivity index (χ3v) is 5.50. The SMILES string of the molecule is CCOc1cccc(NC2=C(c3ccc(OC)cc3)C(=O)N(CCc3ccc(F)cc3)C2=O)c1. The Balaban J connectivity index is 1.65. The number of nitrogens with one attached hydrogen (secondary N) is 1. The monoisotopic (exact) mass is 460 g/mol. The van der Waals surface area contributed by atoms with Crippen LogP contribution in [0.5, 0.6) is 11.5 Å². The molecule has 0 unspecified atom stereocenters. The van der Waals surface area contributed by atoms with Crippen LogP contribution in [0.1, 0.15) is 18.1 Å². The zero-order valence-electron chi connectivity index (χ0n) is 19.0. The summed E-state index contributed by atoms with van der Waals surface area (Å²) in [5.41, 5.74) is 2.55. The standard InChI is InChI=1S/C27H25FN2O4/c1-3-34-23-6-4-5-21(17-23)29-25-24(19-9-13-22(33-2)14-10-19)26(31)30(27(25)32)16-15-18-7-11-20(28)12-8-18/h4-14,17,29H,3,15-16H2,1-2H3. The van der Waals surface area contributed by atoms with Crippen LogP contribution in [0.3, 0.4) is 0 Å². The van der Waals surface area contributed by atoms with Crippen molar-refractivity contribution in [3.8, 4) is 11.5 Å². The lowest BCUT2D eigenvalue weighted by Gasteiger charge is -2.15. The van der Waals surface area contributed by atoms with Crippen LogP contribution in [-0.2, 0) is 16.0 Å². The van der Waals surface area contributed by atoms with Gasteiger partial charge in [-0.2, -0.15) is 0 Å². The first-order valence-corrected chi connectivity index (χ1v) is 11.0. The summed E-state index contributed by atoms with van der Waals surface area (Å²) in [4.78, 5) is 28.0. The van der Waals surface area contributed by atoms with Crippen molar-refractivity contribution in [2.45, 2.75) is 13.3 Å². The quantitative estimate of drug-likeness (QED) is 0.470. The molecule has 6 nitrogen and oxygen atoms in total. The Morgan fingerprint density at radius 1 is 0.912 bits per heavy atom. The van der Waals surface area contributed by atoms with Gasteiger partial charge >= 0.3 is 0 Å². The van der Waals surface area contributed by atoms with E-state index in [1.807, 2.05) is 19.1 Å². The summed E-state index contributed by atoms with van der Waals surface area (Å²) < 4.78 is 24.0. The lowest BCUT2D eigenvalue weighted by molar-refractivity contribution is -0.136. The minimum Gasteiger partial charge on any atom is -0.497 e. The number of carbonyl (C=O) groups is 2. The topological polar surface area (TPSA) is 67.9 Å². The first-order chi connectivity index (χ1) is 16.5. The maximum absolute atomic E-state index is 13.4. The van der Waals surface area contributed by atoms with Gasteiger partial charge in [0.25, 0.3) is 11.8 Å². The van der Waals surface area contributed by atoms with E-state index in [1.165, 1.54) is 17.0 Å². The van der Waals surface area contributed by atoms with Crippen molar-refractivity contribution in [2.24, 2.45) is 0 Å². The molecule has 0 spiro atoms. The molecule has 3 aromatic carbocycles. The third kappa shape index (κ3) is 4.93. The lowest BCUT2D eigenvalue weighted by Crippen LogP contribution is -2.34. The number of methoxy groups -OCH3 is 1. The van der Waals surface area contributed by atoms with Gasteiger partial charge in [-0.25, -0.2) is 4.39 Å². The van der Waals surface area contributed by atoms with E-state index in [1.54, 1.807) is 55.6 Å². The molecule has 174 valence electrons. The Bertz CT molecular complexity index is 1220. The molecule has 3 aromatic rings. The smallest absolute Gasteiger partial charge is 0.278 e. The number of ether oxygens (including phenoxy) is 2. The number of hydrogen-bond donors (Lipinski definition) is 1. The number of halogens is 1. The highest BCUT2D eigenvalue weighted by molar-refractivity contribution is 6.36. The molecule has 1 N–H and O–H groups in total. The zero-order valence-corrected chi connectivity index (χ0v) is 19.0. The highest BCUT2D eigenvalue weighted by Gasteiger charge is 2.39. The van der Waals surface area contributed by atoms with Crippen LogP contribution < -0.4 is 14.8 Å². The fraction of sp³-hybridized carbons (Fsp3) is 0.185. The number of carbonyl (C=O) groups excluding carboxylic acids is 2. The highest BCUT2D eigenvalue weighted by atomic mass is 19.1. The highest BCUT2D eigenvalue weighted by Crippen LogP contribution is 2.32. The van der Waals surface area contributed by atoms with E-state index in [0.717, 1.165) is 5.56 Å². The molecule has 0 aromatic heterocycles. The van der Waals surface area contributed by atoms with Crippen molar-refractivity contribution < 1.29 is 23.5 Å². The molecule has 0 saturated heterocycles. The average molecular weight is 461 g/mol. The van der Waals surface area contributed by atoms with Crippen LogP contribution >= 0.6 is 0 Å². The summed E-state index contributed by atoms with van der Waals surface area (Å²) in [6.07, 6.45) is 0.417. The molecule has 0 aliphatic carbocycles. The summed E-state index contributed by atoms with van der Waals surface area (Å²) in [6.45, 7) is 2.58. The minimum atomic E-state index is -0.417. The van der Waals surface area contributed by atoms with Crippen molar-refractivity contribution in [2.75, 3.05) is 25.6 Å². The summed E-state index contributed by atoms with van der Waals surface area (Å²) in [5, 5.41) is 3.14. The van der Waals surface area contributed by atoms with Crippen molar-refractivity contribution in [3.05, 3.63) is 95.4 Å². The molecule has 1 heterocycles. The van der Waals surface area contributed by atoms with Crippen LogP contribution in [0.4, 0.5) is 10.1 Å². The van der Waals surface area contributed by atoms with Crippen molar-refractivity contribution in [3.63, 3.8) is 0 Å². The fourth-order valence-electron chi connectivity index (χ4n) is 3.79. The van der Waals surface area contributed by atoms with Crippen molar-refractivity contribution in [1.29, 1.82) is 0 Å². The van der Waals surface area contributed by atoms with Gasteiger partial charge in [-0.1, -0.05) is 30.3 Å². The van der Waals surface area contributed by atoms with Crippen molar-refractivity contribution >= 4 is 23.1 Å². The molecule has 0 atom stereocenters. The van der Waals surface area contributed by atoms with E-state index >= 15 is 0 Å². The third-order valence-electron chi connectivity index (χ3n) is 5.50. The van der Waals surface area contributed by atoms with Gasteiger partial charge in [0.1, 0.15) is 23.0 Å². The number of rotatable bonds is 9. The van der Waals surface area contributed by atoms with Gasteiger partial charge in [-0.3, -0.25) is 14.5 Å². The van der Waals surface area contributed by atoms with E-state index < -0.39 is 5.91 Å². The van der Waals surface area contributed by atoms with Crippen LogP contribution in [0, 0.1) is 5.82 Å². The summed E-state index contributed by atoms with van der Waals surface area (Å²) in [7, 11) is 1.56. The summed E-state index contributed by atoms with van der Waals surface area (Å²) in [6, 6.07) is 20.2. The van der Waals surface area contributed by atoms with Gasteiger partial charge in [0.15, 0.2) is 0 Å². The molecular weight excluding hydrogens is 435 g/mol. The zero-order chi connectivity index (χ0) is 24.1. The van der Waals surface area contributed by atoms with Gasteiger partial charge in [-0.15, -0.1) is 0 Å². The maximum atomic E-state index is 13.4. The molecule has 0 saturated carbocycles. The Kier molecular flexibility index (Phi) is 6.92. The molecule has 0 radical (unpaired) electrons. The predicted molar refractivity (Wildman–Crippen MR) is 128 cm³/mol. The van der Waals surface area contributed by atoms with Crippen LogP contribution in [0.25, 0.3) is 5.57 Å². The molecule has 4 rings (SSSR count). The second-order valence-corrected chi connectivity index (χ2v) is 7.70. The van der Waals surface area contributed by atoms with Gasteiger partial charge in [0.2, 0.25) is 0 Å². The first-order valence-electron chi connectivity index (χ1n) is 11.0. The molecule has 0 bridgehead atoms. The van der Waals surface area contributed by atoms with E-state index in [9.17, 15) is 14.0 Å². The van der Waals surface area contributed by atoms with E-state index in [2.05, 4.69) is 5.32 Å². The minimum absolute atomic E-state index is 0.174. The fourth-order valence-corrected chi connectivity index (χ4v) is 3.79. The molecule has 2 amide bonds. The first kappa shape index (κ1) is 23.0. The van der Waals surface area contributed by atoms with Crippen LogP contribution in [0.2, 0.25) is 0 Å². The van der Waals surface area contributed by atoms with Gasteiger partial charge in [0.05, 0.1) is 19.3 Å². The predicted octanol–water partition coefficient (Wildman–Crippen LogP) is 4.67. The maximum Gasteiger partial charge on any atom is 0.278 e. The second-order valence-electron chi connectivity index (χ2n) is 7.70. The van der Waals surface area contributed by atoms with Gasteiger partial charge < -0.3 is 14.8 Å². The van der Waals surface area contributed by atoms with E-state index in [-0.39, 0.29) is 29.5 Å². The lowest BCUT2D eigenvalue weighted by atomic mass is 10.0. The Morgan fingerprint density at radius 3 is 2.32 bits per heavy atom. The number of anilines is 1. The number of imide groups is 1. The number of nitrogens with zero attached hydrogens (tertiary/aromatic N) is 1. The molecule has 7 heteroatoms. The summed E-state index contributed by atoms with van der Waals surface area (Å²) in [5.74, 6) is 0.166. The number of amides is 2. The van der Waals surface area contributed by atoms with Crippen LogP contribution in [-0.4, -0.2) is 37.0 Å². The van der Waals surface area contributed by atoms with Gasteiger partial charge in [0, 0.05) is 18.3 Å². The van der Waals surface area contributed by atoms with Gasteiger partial charge in [-0.05, 0) is 60.9 Å². The second kappa shape index (κ2) is 10.2. The molecule has 1 aliphatic heterocycles. The van der Waals surface area contributed by atoms with E-state index in [4.69, 9.17) is 9.47 Å². The van der Waals surface area contributed by atoms with Crippen LogP contribution in [0.15, 0.2) is 78.5 Å². The number of hydrogen-bond acceptors (Lipinski definition) is 5. The summed E-state index contributed by atoms with van der Waals surface area (Å²) >= 11 is 0. The van der Waals surface area contributed by atoms with E-state index in [0.29, 0.717) is 35.8 Å². The Labute approximate surface area is 197 Å². The normalized spacial score (nSPS) is 13.4. The molecule has 34 heavy (non-hydrogen) atoms. The Morgan fingerprint density at radius 2 is 1.65 bits per heavy atom. The average Bonchev–Trinajstić information content (AvgIpc) is 3.08. The molecule has 0 fully saturated rings. The molecular formula is C27H25FN2O4.